The predicted octanol–water partition coefficient (Wildman–Crippen LogP) is 2.23. The molecule has 0 spiro atoms. The van der Waals surface area contributed by atoms with Gasteiger partial charge in [-0.2, -0.15) is 0 Å². The van der Waals surface area contributed by atoms with E-state index in [0.717, 1.165) is 22.8 Å². The summed E-state index contributed by atoms with van der Waals surface area (Å²) in [7, 11) is 1.93. The van der Waals surface area contributed by atoms with Gasteiger partial charge >= 0.3 is 0 Å². The lowest BCUT2D eigenvalue weighted by molar-refractivity contribution is 0.420. The zero-order chi connectivity index (χ0) is 12.5. The van der Waals surface area contributed by atoms with Crippen molar-refractivity contribution in [1.82, 2.24) is 20.3 Å². The third-order valence-corrected chi connectivity index (χ3v) is 3.06. The largest absolute Gasteiger partial charge is 0.344 e. The number of nitrogens with zero attached hydrogens (tertiary/aromatic N) is 2. The molecule has 2 rings (SSSR count). The summed E-state index contributed by atoms with van der Waals surface area (Å²) in [5.74, 6) is 0.948. The highest BCUT2D eigenvalue weighted by atomic mass is 15.0. The van der Waals surface area contributed by atoms with Gasteiger partial charge in [0.25, 0.3) is 0 Å². The maximum absolute atomic E-state index is 4.68. The number of aromatic nitrogens is 3. The Morgan fingerprint density at radius 2 is 1.88 bits per heavy atom. The van der Waals surface area contributed by atoms with Gasteiger partial charge in [-0.15, -0.1) is 0 Å². The maximum Gasteiger partial charge on any atom is 0.126 e. The van der Waals surface area contributed by atoms with Gasteiger partial charge in [0.15, 0.2) is 0 Å². The Kier molecular flexibility index (Phi) is 2.98. The molecule has 2 N–H and O–H groups in total. The van der Waals surface area contributed by atoms with Crippen LogP contribution in [-0.2, 0) is 5.54 Å². The lowest BCUT2D eigenvalue weighted by Crippen LogP contribution is -2.34. The molecule has 0 aliphatic rings. The van der Waals surface area contributed by atoms with E-state index >= 15 is 0 Å². The van der Waals surface area contributed by atoms with Crippen LogP contribution in [-0.4, -0.2) is 22.0 Å². The lowest BCUT2D eigenvalue weighted by atomic mass is 10.1. The molecule has 17 heavy (non-hydrogen) atoms. The second-order valence-electron chi connectivity index (χ2n) is 4.67. The van der Waals surface area contributed by atoms with Gasteiger partial charge in [-0.3, -0.25) is 4.98 Å². The average molecular weight is 230 g/mol. The van der Waals surface area contributed by atoms with Crippen LogP contribution in [0.15, 0.2) is 24.5 Å². The third kappa shape index (κ3) is 2.22. The van der Waals surface area contributed by atoms with Crippen molar-refractivity contribution in [1.29, 1.82) is 0 Å². The normalized spacial score (nSPS) is 11.8. The van der Waals surface area contributed by atoms with Crippen LogP contribution in [0.25, 0.3) is 11.3 Å². The minimum atomic E-state index is -0.157. The van der Waals surface area contributed by atoms with Gasteiger partial charge in [0.1, 0.15) is 5.82 Å². The first kappa shape index (κ1) is 11.8. The van der Waals surface area contributed by atoms with E-state index in [1.807, 2.05) is 26.1 Å². The summed E-state index contributed by atoms with van der Waals surface area (Å²) in [4.78, 5) is 12.0. The minimum absolute atomic E-state index is 0.157. The summed E-state index contributed by atoms with van der Waals surface area (Å²) in [6.07, 6.45) is 3.57. The molecule has 0 fully saturated rings. The summed E-state index contributed by atoms with van der Waals surface area (Å²) in [6.45, 7) is 6.24. The van der Waals surface area contributed by atoms with Crippen LogP contribution in [0.3, 0.4) is 0 Å². The molecule has 0 saturated carbocycles. The average Bonchev–Trinajstić information content (AvgIpc) is 2.73. The molecule has 2 heterocycles. The van der Waals surface area contributed by atoms with Crippen LogP contribution >= 0.6 is 0 Å². The number of imidazole rings is 1. The Morgan fingerprint density at radius 1 is 1.24 bits per heavy atom. The molecule has 2 aromatic heterocycles. The number of aromatic amines is 1. The standard InChI is InChI=1S/C13H18N4/c1-9-11(10-5-7-15-8-6-10)17-12(16-9)13(2,3)14-4/h5-8,14H,1-4H3,(H,16,17). The van der Waals surface area contributed by atoms with Crippen molar-refractivity contribution in [2.75, 3.05) is 7.05 Å². The topological polar surface area (TPSA) is 53.6 Å². The van der Waals surface area contributed by atoms with Gasteiger partial charge in [-0.1, -0.05) is 0 Å². The van der Waals surface area contributed by atoms with Crippen molar-refractivity contribution >= 4 is 0 Å². The van der Waals surface area contributed by atoms with Crippen LogP contribution in [0.4, 0.5) is 0 Å². The zero-order valence-corrected chi connectivity index (χ0v) is 10.7. The number of hydrogen-bond donors (Lipinski definition) is 2. The molecule has 4 nitrogen and oxygen atoms in total. The van der Waals surface area contributed by atoms with Crippen molar-refractivity contribution in [3.63, 3.8) is 0 Å². The van der Waals surface area contributed by atoms with Crippen molar-refractivity contribution in [3.8, 4) is 11.3 Å². The van der Waals surface area contributed by atoms with Crippen LogP contribution in [0.5, 0.6) is 0 Å². The summed E-state index contributed by atoms with van der Waals surface area (Å²) < 4.78 is 0. The highest BCUT2D eigenvalue weighted by molar-refractivity contribution is 5.61. The summed E-state index contributed by atoms with van der Waals surface area (Å²) in [5, 5.41) is 3.24. The SMILES string of the molecule is CNC(C)(C)c1nc(-c2ccncc2)c(C)[nH]1. The highest BCUT2D eigenvalue weighted by Gasteiger charge is 2.23. The number of rotatable bonds is 3. The van der Waals surface area contributed by atoms with Crippen LogP contribution in [0.2, 0.25) is 0 Å². The Bertz CT molecular complexity index is 499. The van der Waals surface area contributed by atoms with Crippen molar-refractivity contribution < 1.29 is 0 Å². The van der Waals surface area contributed by atoms with Gasteiger partial charge in [0.05, 0.1) is 11.2 Å². The molecule has 0 atom stereocenters. The van der Waals surface area contributed by atoms with Crippen LogP contribution in [0.1, 0.15) is 25.4 Å². The molecular weight excluding hydrogens is 212 g/mol. The number of hydrogen-bond acceptors (Lipinski definition) is 3. The molecule has 90 valence electrons. The molecule has 0 amide bonds. The molecular formula is C13H18N4. The number of nitrogens with one attached hydrogen (secondary N) is 2. The fraction of sp³-hybridized carbons (Fsp3) is 0.385. The molecule has 0 aliphatic heterocycles. The molecule has 0 aliphatic carbocycles. The Labute approximate surface area is 102 Å². The second-order valence-corrected chi connectivity index (χ2v) is 4.67. The van der Waals surface area contributed by atoms with Crippen molar-refractivity contribution in [3.05, 3.63) is 36.0 Å². The van der Waals surface area contributed by atoms with Gasteiger partial charge in [0, 0.05) is 23.7 Å². The van der Waals surface area contributed by atoms with E-state index in [2.05, 4.69) is 34.1 Å². The molecule has 0 aromatic carbocycles. The molecule has 0 bridgehead atoms. The van der Waals surface area contributed by atoms with E-state index in [-0.39, 0.29) is 5.54 Å². The lowest BCUT2D eigenvalue weighted by Gasteiger charge is -2.20. The first-order valence-corrected chi connectivity index (χ1v) is 5.71. The van der Waals surface area contributed by atoms with E-state index in [4.69, 9.17) is 0 Å². The Morgan fingerprint density at radius 3 is 2.47 bits per heavy atom. The predicted molar refractivity (Wildman–Crippen MR) is 68.6 cm³/mol. The van der Waals surface area contributed by atoms with Gasteiger partial charge in [-0.25, -0.2) is 4.98 Å². The van der Waals surface area contributed by atoms with E-state index in [9.17, 15) is 0 Å². The van der Waals surface area contributed by atoms with Crippen LogP contribution < -0.4 is 5.32 Å². The Hall–Kier alpha value is -1.68. The fourth-order valence-corrected chi connectivity index (χ4v) is 1.67. The zero-order valence-electron chi connectivity index (χ0n) is 10.7. The van der Waals surface area contributed by atoms with E-state index < -0.39 is 0 Å². The van der Waals surface area contributed by atoms with Crippen molar-refractivity contribution in [2.45, 2.75) is 26.3 Å². The molecule has 2 aromatic rings. The fourth-order valence-electron chi connectivity index (χ4n) is 1.67. The van der Waals surface area contributed by atoms with E-state index in [0.29, 0.717) is 0 Å². The summed E-state index contributed by atoms with van der Waals surface area (Å²) in [6, 6.07) is 3.94. The molecule has 4 heteroatoms. The van der Waals surface area contributed by atoms with E-state index in [1.54, 1.807) is 12.4 Å². The Balaban J connectivity index is 2.45. The number of pyridine rings is 1. The molecule has 0 unspecified atom stereocenters. The van der Waals surface area contributed by atoms with E-state index in [1.165, 1.54) is 0 Å². The minimum Gasteiger partial charge on any atom is -0.344 e. The molecule has 0 saturated heterocycles. The van der Waals surface area contributed by atoms with Gasteiger partial charge in [0.2, 0.25) is 0 Å². The summed E-state index contributed by atoms with van der Waals surface area (Å²) >= 11 is 0. The quantitative estimate of drug-likeness (QED) is 0.850. The van der Waals surface area contributed by atoms with Gasteiger partial charge in [-0.05, 0) is 40.0 Å². The third-order valence-electron chi connectivity index (χ3n) is 3.06. The van der Waals surface area contributed by atoms with Crippen LogP contribution in [0, 0.1) is 6.92 Å². The summed E-state index contributed by atoms with van der Waals surface area (Å²) in [5.41, 5.74) is 3.00. The maximum atomic E-state index is 4.68. The molecule has 0 radical (unpaired) electrons. The number of H-pyrrole nitrogens is 1. The first-order valence-electron chi connectivity index (χ1n) is 5.71. The highest BCUT2D eigenvalue weighted by Crippen LogP contribution is 2.24. The van der Waals surface area contributed by atoms with Crippen molar-refractivity contribution in [2.24, 2.45) is 0 Å². The van der Waals surface area contributed by atoms with Gasteiger partial charge < -0.3 is 10.3 Å². The monoisotopic (exact) mass is 230 g/mol. The number of aryl methyl sites for hydroxylation is 1. The smallest absolute Gasteiger partial charge is 0.126 e. The second kappa shape index (κ2) is 4.30. The first-order chi connectivity index (χ1) is 8.04.